The van der Waals surface area contributed by atoms with Crippen molar-refractivity contribution in [2.24, 2.45) is 16.8 Å². The Balaban J connectivity index is 2.90. The lowest BCUT2D eigenvalue weighted by molar-refractivity contribution is -0.118. The van der Waals surface area contributed by atoms with Crippen LogP contribution in [0.25, 0.3) is 0 Å². The van der Waals surface area contributed by atoms with Gasteiger partial charge in [0.2, 0.25) is 5.91 Å². The summed E-state index contributed by atoms with van der Waals surface area (Å²) in [5.74, 6) is -1.10. The summed E-state index contributed by atoms with van der Waals surface area (Å²) in [5.41, 5.74) is 6.07. The number of amidine groups is 1. The third kappa shape index (κ3) is 4.11. The fraction of sp³-hybridized carbons (Fsp3) is 0.333. The molecule has 0 aliphatic carbocycles. The molecule has 1 atom stereocenters. The summed E-state index contributed by atoms with van der Waals surface area (Å²) in [4.78, 5) is 12.1. The van der Waals surface area contributed by atoms with Crippen LogP contribution < -0.4 is 11.1 Å². The van der Waals surface area contributed by atoms with Gasteiger partial charge in [-0.1, -0.05) is 36.2 Å². The second-order valence-corrected chi connectivity index (χ2v) is 5.16. The minimum atomic E-state index is -0.666. The van der Waals surface area contributed by atoms with E-state index in [1.54, 1.807) is 18.2 Å². The molecule has 0 spiro atoms. The SMILES string of the molecule is CCCC(C(=O)Nc1cccc(Cl)c1Br)/C(N)=N/O. The highest BCUT2D eigenvalue weighted by Gasteiger charge is 2.23. The first-order valence-corrected chi connectivity index (χ1v) is 6.90. The Morgan fingerprint density at radius 3 is 2.89 bits per heavy atom. The molecular formula is C12H15BrClN3O2. The maximum absolute atomic E-state index is 12.1. The first kappa shape index (κ1) is 15.8. The van der Waals surface area contributed by atoms with Gasteiger partial charge in [-0.3, -0.25) is 4.79 Å². The number of carbonyl (C=O) groups is 1. The number of oxime groups is 1. The molecule has 1 aromatic carbocycles. The van der Waals surface area contributed by atoms with Crippen LogP contribution in [-0.4, -0.2) is 17.0 Å². The van der Waals surface area contributed by atoms with Gasteiger partial charge in [-0.25, -0.2) is 0 Å². The van der Waals surface area contributed by atoms with Crippen LogP contribution in [0.15, 0.2) is 27.8 Å². The van der Waals surface area contributed by atoms with Crippen LogP contribution >= 0.6 is 27.5 Å². The predicted octanol–water partition coefficient (Wildman–Crippen LogP) is 3.20. The van der Waals surface area contributed by atoms with Gasteiger partial charge >= 0.3 is 0 Å². The number of nitrogens with zero attached hydrogens (tertiary/aromatic N) is 1. The molecule has 1 unspecified atom stereocenters. The second-order valence-electron chi connectivity index (χ2n) is 3.96. The zero-order valence-electron chi connectivity index (χ0n) is 10.4. The summed E-state index contributed by atoms with van der Waals surface area (Å²) in [6.45, 7) is 1.92. The summed E-state index contributed by atoms with van der Waals surface area (Å²) in [7, 11) is 0. The largest absolute Gasteiger partial charge is 0.409 e. The van der Waals surface area contributed by atoms with Crippen molar-refractivity contribution in [1.29, 1.82) is 0 Å². The van der Waals surface area contributed by atoms with E-state index in [0.717, 1.165) is 6.42 Å². The molecule has 0 heterocycles. The molecule has 0 aliphatic heterocycles. The molecule has 5 nitrogen and oxygen atoms in total. The van der Waals surface area contributed by atoms with Gasteiger partial charge in [0.25, 0.3) is 0 Å². The molecule has 7 heteroatoms. The molecule has 0 aromatic heterocycles. The number of nitrogens with one attached hydrogen (secondary N) is 1. The van der Waals surface area contributed by atoms with Gasteiger partial charge in [0.1, 0.15) is 0 Å². The highest BCUT2D eigenvalue weighted by molar-refractivity contribution is 9.10. The summed E-state index contributed by atoms with van der Waals surface area (Å²) in [5, 5.41) is 14.8. The number of nitrogens with two attached hydrogens (primary N) is 1. The molecule has 1 rings (SSSR count). The van der Waals surface area contributed by atoms with Gasteiger partial charge in [0.15, 0.2) is 5.84 Å². The maximum atomic E-state index is 12.1. The standard InChI is InChI=1S/C12H15BrClN3O2/c1-2-4-7(11(15)17-19)12(18)16-9-6-3-5-8(14)10(9)13/h3,5-7,19H,2,4H2,1H3,(H2,15,17)(H,16,18). The average molecular weight is 349 g/mol. The van der Waals surface area contributed by atoms with Crippen LogP contribution in [0.5, 0.6) is 0 Å². The normalized spacial score (nSPS) is 13.1. The number of hydrogen-bond donors (Lipinski definition) is 3. The Hall–Kier alpha value is -1.27. The zero-order chi connectivity index (χ0) is 14.4. The van der Waals surface area contributed by atoms with Crippen LogP contribution in [0, 0.1) is 5.92 Å². The lowest BCUT2D eigenvalue weighted by Gasteiger charge is -2.15. The van der Waals surface area contributed by atoms with Crippen molar-refractivity contribution in [2.45, 2.75) is 19.8 Å². The number of carbonyl (C=O) groups excluding carboxylic acids is 1. The van der Waals surface area contributed by atoms with Crippen molar-refractivity contribution in [3.63, 3.8) is 0 Å². The van der Waals surface area contributed by atoms with Crippen LogP contribution in [-0.2, 0) is 4.79 Å². The topological polar surface area (TPSA) is 87.7 Å². The van der Waals surface area contributed by atoms with E-state index in [-0.39, 0.29) is 11.7 Å². The average Bonchev–Trinajstić information content (AvgIpc) is 2.40. The first-order valence-electron chi connectivity index (χ1n) is 5.73. The van der Waals surface area contributed by atoms with Gasteiger partial charge < -0.3 is 16.3 Å². The highest BCUT2D eigenvalue weighted by Crippen LogP contribution is 2.30. The molecule has 1 amide bonds. The molecule has 0 aliphatic rings. The van der Waals surface area contributed by atoms with E-state index in [4.69, 9.17) is 22.5 Å². The lowest BCUT2D eigenvalue weighted by atomic mass is 10.0. The van der Waals surface area contributed by atoms with Crippen LogP contribution in [0.2, 0.25) is 5.02 Å². The lowest BCUT2D eigenvalue weighted by Crippen LogP contribution is -2.34. The number of hydrogen-bond acceptors (Lipinski definition) is 3. The molecule has 4 N–H and O–H groups in total. The molecule has 0 fully saturated rings. The van der Waals surface area contributed by atoms with Crippen molar-refractivity contribution in [2.75, 3.05) is 5.32 Å². The van der Waals surface area contributed by atoms with E-state index < -0.39 is 5.92 Å². The van der Waals surface area contributed by atoms with Crippen molar-refractivity contribution >= 4 is 45.0 Å². The van der Waals surface area contributed by atoms with E-state index in [2.05, 4.69) is 26.4 Å². The summed E-state index contributed by atoms with van der Waals surface area (Å²) < 4.78 is 0.597. The van der Waals surface area contributed by atoms with Crippen molar-refractivity contribution < 1.29 is 10.0 Å². The molecule has 19 heavy (non-hydrogen) atoms. The number of benzene rings is 1. The quantitative estimate of drug-likeness (QED) is 0.330. The van der Waals surface area contributed by atoms with Crippen molar-refractivity contribution in [1.82, 2.24) is 0 Å². The fourth-order valence-corrected chi connectivity index (χ4v) is 2.13. The smallest absolute Gasteiger partial charge is 0.235 e. The Bertz CT molecular complexity index is 494. The maximum Gasteiger partial charge on any atom is 0.235 e. The molecule has 1 aromatic rings. The van der Waals surface area contributed by atoms with E-state index >= 15 is 0 Å². The molecule has 0 saturated carbocycles. The van der Waals surface area contributed by atoms with Gasteiger partial charge in [0, 0.05) is 0 Å². The van der Waals surface area contributed by atoms with E-state index in [1.165, 1.54) is 0 Å². The Morgan fingerprint density at radius 1 is 1.63 bits per heavy atom. The van der Waals surface area contributed by atoms with E-state index in [0.29, 0.717) is 21.6 Å². The summed E-state index contributed by atoms with van der Waals surface area (Å²) in [6, 6.07) is 5.14. The third-order valence-electron chi connectivity index (χ3n) is 2.58. The predicted molar refractivity (Wildman–Crippen MR) is 79.6 cm³/mol. The van der Waals surface area contributed by atoms with Gasteiger partial charge in [0.05, 0.1) is 21.1 Å². The molecule has 0 saturated heterocycles. The first-order chi connectivity index (χ1) is 9.01. The van der Waals surface area contributed by atoms with Crippen molar-refractivity contribution in [3.05, 3.63) is 27.7 Å². The zero-order valence-corrected chi connectivity index (χ0v) is 12.7. The van der Waals surface area contributed by atoms with E-state index in [9.17, 15) is 4.79 Å². The summed E-state index contributed by atoms with van der Waals surface area (Å²) in [6.07, 6.45) is 1.24. The molecule has 104 valence electrons. The minimum absolute atomic E-state index is 0.0995. The highest BCUT2D eigenvalue weighted by atomic mass is 79.9. The van der Waals surface area contributed by atoms with Gasteiger partial charge in [-0.05, 0) is 34.5 Å². The molecule has 0 radical (unpaired) electrons. The third-order valence-corrected chi connectivity index (χ3v) is 3.97. The second kappa shape index (κ2) is 7.35. The number of rotatable bonds is 5. The number of anilines is 1. The Morgan fingerprint density at radius 2 is 2.32 bits per heavy atom. The van der Waals surface area contributed by atoms with Crippen LogP contribution in [0.4, 0.5) is 5.69 Å². The van der Waals surface area contributed by atoms with Gasteiger partial charge in [-0.15, -0.1) is 0 Å². The minimum Gasteiger partial charge on any atom is -0.409 e. The fourth-order valence-electron chi connectivity index (χ4n) is 1.59. The van der Waals surface area contributed by atoms with Crippen LogP contribution in [0.1, 0.15) is 19.8 Å². The summed E-state index contributed by atoms with van der Waals surface area (Å²) >= 11 is 9.23. The monoisotopic (exact) mass is 347 g/mol. The molecule has 0 bridgehead atoms. The van der Waals surface area contributed by atoms with Crippen molar-refractivity contribution in [3.8, 4) is 0 Å². The Kier molecular flexibility index (Phi) is 6.11. The number of halogens is 2. The van der Waals surface area contributed by atoms with E-state index in [1.807, 2.05) is 6.92 Å². The molecular weight excluding hydrogens is 334 g/mol. The van der Waals surface area contributed by atoms with Gasteiger partial charge in [-0.2, -0.15) is 0 Å². The Labute approximate surface area is 124 Å². The number of amides is 1. The van der Waals surface area contributed by atoms with Crippen LogP contribution in [0.3, 0.4) is 0 Å².